The zero-order valence-corrected chi connectivity index (χ0v) is 8.63. The van der Waals surface area contributed by atoms with Crippen LogP contribution in [-0.4, -0.2) is 9.38 Å². The van der Waals surface area contributed by atoms with Crippen molar-refractivity contribution in [2.45, 2.75) is 0 Å². The smallest absolute Gasteiger partial charge is 0.181 e. The average molecular weight is 276 g/mol. The van der Waals surface area contributed by atoms with E-state index in [4.69, 9.17) is 0 Å². The Morgan fingerprint density at radius 1 is 1.36 bits per heavy atom. The molecule has 0 atom stereocenters. The van der Waals surface area contributed by atoms with Gasteiger partial charge < -0.3 is 0 Å². The van der Waals surface area contributed by atoms with E-state index in [-0.39, 0.29) is 0 Å². The van der Waals surface area contributed by atoms with Gasteiger partial charge in [-0.25, -0.2) is 4.98 Å². The molecule has 0 bridgehead atoms. The molecule has 0 aliphatic heterocycles. The fourth-order valence-corrected chi connectivity index (χ4v) is 1.72. The quantitative estimate of drug-likeness (QED) is 0.723. The molecular formula is C7H4Br2N2. The number of hydrogen-bond donors (Lipinski definition) is 0. The van der Waals surface area contributed by atoms with Crippen molar-refractivity contribution in [3.63, 3.8) is 0 Å². The standard InChI is InChI=1S/C7H4Br2N2/c8-5-1-2-11-6(3-5)4-10-7(11)9/h1-4H. The fourth-order valence-electron chi connectivity index (χ4n) is 0.940. The van der Waals surface area contributed by atoms with Crippen molar-refractivity contribution in [1.29, 1.82) is 0 Å². The minimum absolute atomic E-state index is 0.833. The molecule has 0 fully saturated rings. The van der Waals surface area contributed by atoms with E-state index in [9.17, 15) is 0 Å². The highest BCUT2D eigenvalue weighted by Crippen LogP contribution is 2.16. The van der Waals surface area contributed by atoms with E-state index in [2.05, 4.69) is 36.8 Å². The van der Waals surface area contributed by atoms with Crippen LogP contribution in [0.2, 0.25) is 0 Å². The summed E-state index contributed by atoms with van der Waals surface area (Å²) in [5, 5.41) is 0. The molecule has 2 heterocycles. The van der Waals surface area contributed by atoms with Gasteiger partial charge in [0.15, 0.2) is 4.73 Å². The number of fused-ring (bicyclic) bond motifs is 1. The van der Waals surface area contributed by atoms with Crippen LogP contribution in [-0.2, 0) is 0 Å². The summed E-state index contributed by atoms with van der Waals surface area (Å²) in [5.74, 6) is 0. The lowest BCUT2D eigenvalue weighted by atomic mass is 10.4. The molecule has 0 aliphatic carbocycles. The minimum Gasteiger partial charge on any atom is -0.294 e. The number of nitrogens with zero attached hydrogens (tertiary/aromatic N) is 2. The molecule has 4 heteroatoms. The normalized spacial score (nSPS) is 10.7. The van der Waals surface area contributed by atoms with E-state index in [1.54, 1.807) is 0 Å². The highest BCUT2D eigenvalue weighted by atomic mass is 79.9. The van der Waals surface area contributed by atoms with Crippen LogP contribution in [0.1, 0.15) is 0 Å². The highest BCUT2D eigenvalue weighted by Gasteiger charge is 1.98. The number of hydrogen-bond acceptors (Lipinski definition) is 1. The lowest BCUT2D eigenvalue weighted by molar-refractivity contribution is 1.10. The summed E-state index contributed by atoms with van der Waals surface area (Å²) in [6, 6.07) is 3.98. The largest absolute Gasteiger partial charge is 0.294 e. The molecule has 2 rings (SSSR count). The summed E-state index contributed by atoms with van der Waals surface area (Å²) in [7, 11) is 0. The second kappa shape index (κ2) is 2.60. The van der Waals surface area contributed by atoms with Crippen molar-refractivity contribution in [2.75, 3.05) is 0 Å². The first-order chi connectivity index (χ1) is 5.27. The third-order valence-corrected chi connectivity index (χ3v) is 2.53. The third kappa shape index (κ3) is 1.20. The zero-order valence-electron chi connectivity index (χ0n) is 5.46. The maximum atomic E-state index is 4.10. The van der Waals surface area contributed by atoms with Gasteiger partial charge in [-0.15, -0.1) is 0 Å². The van der Waals surface area contributed by atoms with Crippen LogP contribution in [0.5, 0.6) is 0 Å². The summed E-state index contributed by atoms with van der Waals surface area (Å²) < 4.78 is 3.86. The van der Waals surface area contributed by atoms with Gasteiger partial charge >= 0.3 is 0 Å². The summed E-state index contributed by atoms with van der Waals surface area (Å²) in [5.41, 5.74) is 1.08. The van der Waals surface area contributed by atoms with Gasteiger partial charge in [-0.3, -0.25) is 4.40 Å². The summed E-state index contributed by atoms with van der Waals surface area (Å²) >= 11 is 6.71. The summed E-state index contributed by atoms with van der Waals surface area (Å²) in [4.78, 5) is 4.10. The molecule has 0 amide bonds. The number of aromatic nitrogens is 2. The summed E-state index contributed by atoms with van der Waals surface area (Å²) in [6.07, 6.45) is 3.77. The molecule has 56 valence electrons. The highest BCUT2D eigenvalue weighted by molar-refractivity contribution is 9.10. The predicted molar refractivity (Wildman–Crippen MR) is 50.6 cm³/mol. The number of rotatable bonds is 0. The summed E-state index contributed by atoms with van der Waals surface area (Å²) in [6.45, 7) is 0. The Hall–Kier alpha value is -0.350. The molecule has 0 spiro atoms. The van der Waals surface area contributed by atoms with E-state index < -0.39 is 0 Å². The average Bonchev–Trinajstić information content (AvgIpc) is 2.32. The van der Waals surface area contributed by atoms with Crippen LogP contribution in [0.25, 0.3) is 5.52 Å². The maximum Gasteiger partial charge on any atom is 0.181 e. The van der Waals surface area contributed by atoms with Gasteiger partial charge in [0.2, 0.25) is 0 Å². The second-order valence-electron chi connectivity index (χ2n) is 2.17. The Bertz CT molecular complexity index is 394. The fraction of sp³-hybridized carbons (Fsp3) is 0. The Morgan fingerprint density at radius 3 is 3.00 bits per heavy atom. The molecule has 0 saturated carbocycles. The van der Waals surface area contributed by atoms with Crippen molar-refractivity contribution < 1.29 is 0 Å². The Kier molecular flexibility index (Phi) is 1.73. The topological polar surface area (TPSA) is 17.3 Å². The van der Waals surface area contributed by atoms with E-state index >= 15 is 0 Å². The molecule has 2 aromatic rings. The van der Waals surface area contributed by atoms with Crippen LogP contribution < -0.4 is 0 Å². The van der Waals surface area contributed by atoms with Gasteiger partial charge in [-0.05, 0) is 28.1 Å². The van der Waals surface area contributed by atoms with Crippen molar-refractivity contribution in [2.24, 2.45) is 0 Å². The first-order valence-corrected chi connectivity index (χ1v) is 4.64. The van der Waals surface area contributed by atoms with Crippen LogP contribution in [0, 0.1) is 0 Å². The minimum atomic E-state index is 0.833. The van der Waals surface area contributed by atoms with Crippen LogP contribution >= 0.6 is 31.9 Å². The van der Waals surface area contributed by atoms with Crippen molar-refractivity contribution in [1.82, 2.24) is 9.38 Å². The number of halogens is 2. The molecule has 0 radical (unpaired) electrons. The molecule has 2 aromatic heterocycles. The van der Waals surface area contributed by atoms with Gasteiger partial charge in [-0.1, -0.05) is 15.9 Å². The van der Waals surface area contributed by atoms with Gasteiger partial charge in [0.1, 0.15) is 0 Å². The van der Waals surface area contributed by atoms with Crippen LogP contribution in [0.15, 0.2) is 33.7 Å². The molecule has 0 saturated heterocycles. The monoisotopic (exact) mass is 274 g/mol. The first-order valence-electron chi connectivity index (χ1n) is 3.05. The van der Waals surface area contributed by atoms with Crippen molar-refractivity contribution in [3.05, 3.63) is 33.7 Å². The Labute approximate surface area is 80.5 Å². The Balaban J connectivity index is 2.86. The lowest BCUT2D eigenvalue weighted by Crippen LogP contribution is -1.81. The maximum absolute atomic E-state index is 4.10. The van der Waals surface area contributed by atoms with Gasteiger partial charge in [0, 0.05) is 10.7 Å². The van der Waals surface area contributed by atoms with E-state index in [1.165, 1.54) is 0 Å². The van der Waals surface area contributed by atoms with Crippen molar-refractivity contribution >= 4 is 37.4 Å². The van der Waals surface area contributed by atoms with E-state index in [0.29, 0.717) is 0 Å². The molecule has 11 heavy (non-hydrogen) atoms. The molecule has 0 aromatic carbocycles. The Morgan fingerprint density at radius 2 is 2.18 bits per heavy atom. The van der Waals surface area contributed by atoms with Crippen LogP contribution in [0.3, 0.4) is 0 Å². The second-order valence-corrected chi connectivity index (χ2v) is 3.79. The third-order valence-electron chi connectivity index (χ3n) is 1.45. The predicted octanol–water partition coefficient (Wildman–Crippen LogP) is 2.86. The van der Waals surface area contributed by atoms with E-state index in [1.807, 2.05) is 28.9 Å². The number of pyridine rings is 1. The van der Waals surface area contributed by atoms with Crippen molar-refractivity contribution in [3.8, 4) is 0 Å². The van der Waals surface area contributed by atoms with E-state index in [0.717, 1.165) is 14.7 Å². The molecule has 0 unspecified atom stereocenters. The van der Waals surface area contributed by atoms with Gasteiger partial charge in [0.05, 0.1) is 11.7 Å². The van der Waals surface area contributed by atoms with Crippen LogP contribution in [0.4, 0.5) is 0 Å². The first kappa shape index (κ1) is 7.31. The van der Waals surface area contributed by atoms with Gasteiger partial charge in [-0.2, -0.15) is 0 Å². The molecular weight excluding hydrogens is 272 g/mol. The lowest BCUT2D eigenvalue weighted by Gasteiger charge is -1.93. The number of imidazole rings is 1. The molecule has 2 nitrogen and oxygen atoms in total. The molecule has 0 aliphatic rings. The SMILES string of the molecule is Brc1ccn2c(Br)ncc2c1. The zero-order chi connectivity index (χ0) is 7.84. The molecule has 0 N–H and O–H groups in total. The van der Waals surface area contributed by atoms with Gasteiger partial charge in [0.25, 0.3) is 0 Å².